The lowest BCUT2D eigenvalue weighted by Gasteiger charge is -2.26. The first-order valence-electron chi connectivity index (χ1n) is 8.60. The first-order valence-corrected chi connectivity index (χ1v) is 8.60. The molecule has 2 amide bonds. The number of aliphatic hydroxyl groups is 1. The van der Waals surface area contributed by atoms with Crippen LogP contribution >= 0.6 is 0 Å². The topological polar surface area (TPSA) is 61.4 Å². The Bertz CT molecular complexity index is 349. The average molecular weight is 296 g/mol. The summed E-state index contributed by atoms with van der Waals surface area (Å²) < 4.78 is 0. The third-order valence-electron chi connectivity index (χ3n) is 4.99. The molecule has 0 bridgehead atoms. The Morgan fingerprint density at radius 2 is 1.95 bits per heavy atom. The van der Waals surface area contributed by atoms with Crippen molar-refractivity contribution in [1.82, 2.24) is 10.6 Å². The number of hydrogen-bond donors (Lipinski definition) is 3. The second-order valence-corrected chi connectivity index (χ2v) is 7.95. The van der Waals surface area contributed by atoms with E-state index in [1.54, 1.807) is 6.92 Å². The van der Waals surface area contributed by atoms with Crippen LogP contribution in [-0.4, -0.2) is 29.8 Å². The van der Waals surface area contributed by atoms with Crippen molar-refractivity contribution in [2.75, 3.05) is 6.54 Å². The minimum absolute atomic E-state index is 0.0445. The summed E-state index contributed by atoms with van der Waals surface area (Å²) in [4.78, 5) is 12.0. The van der Waals surface area contributed by atoms with Crippen molar-refractivity contribution in [3.05, 3.63) is 0 Å². The SMILES string of the molecule is CC(O)CC(C)(C)CNC(=O)NC1CC1C1CCCCC1. The van der Waals surface area contributed by atoms with Gasteiger partial charge in [-0.25, -0.2) is 4.79 Å². The summed E-state index contributed by atoms with van der Waals surface area (Å²) in [7, 11) is 0. The molecule has 0 aromatic rings. The predicted molar refractivity (Wildman–Crippen MR) is 85.1 cm³/mol. The molecular weight excluding hydrogens is 264 g/mol. The molecule has 0 aromatic carbocycles. The second-order valence-electron chi connectivity index (χ2n) is 7.95. The Balaban J connectivity index is 1.64. The highest BCUT2D eigenvalue weighted by Crippen LogP contribution is 2.44. The van der Waals surface area contributed by atoms with Crippen LogP contribution in [0.5, 0.6) is 0 Å². The molecule has 21 heavy (non-hydrogen) atoms. The van der Waals surface area contributed by atoms with Gasteiger partial charge in [-0.3, -0.25) is 0 Å². The van der Waals surface area contributed by atoms with Gasteiger partial charge in [-0.15, -0.1) is 0 Å². The molecule has 0 aromatic heterocycles. The van der Waals surface area contributed by atoms with E-state index in [0.29, 0.717) is 19.0 Å². The molecule has 2 aliphatic rings. The van der Waals surface area contributed by atoms with Gasteiger partial charge in [0.15, 0.2) is 0 Å². The minimum atomic E-state index is -0.330. The molecule has 122 valence electrons. The summed E-state index contributed by atoms with van der Waals surface area (Å²) in [5, 5.41) is 15.5. The van der Waals surface area contributed by atoms with E-state index in [0.717, 1.165) is 18.3 Å². The summed E-state index contributed by atoms with van der Waals surface area (Å²) in [6, 6.07) is 0.352. The molecule has 0 radical (unpaired) electrons. The van der Waals surface area contributed by atoms with Gasteiger partial charge in [-0.1, -0.05) is 46.0 Å². The number of carbonyl (C=O) groups excluding carboxylic acids is 1. The van der Waals surface area contributed by atoms with Crippen LogP contribution in [0.4, 0.5) is 4.79 Å². The maximum atomic E-state index is 12.0. The lowest BCUT2D eigenvalue weighted by molar-refractivity contribution is 0.128. The molecule has 2 saturated carbocycles. The van der Waals surface area contributed by atoms with Gasteiger partial charge in [0, 0.05) is 12.6 Å². The summed E-state index contributed by atoms with van der Waals surface area (Å²) >= 11 is 0. The van der Waals surface area contributed by atoms with E-state index in [-0.39, 0.29) is 17.6 Å². The summed E-state index contributed by atoms with van der Waals surface area (Å²) in [5.74, 6) is 1.57. The van der Waals surface area contributed by atoms with Crippen molar-refractivity contribution >= 4 is 6.03 Å². The zero-order chi connectivity index (χ0) is 15.5. The van der Waals surface area contributed by atoms with Crippen LogP contribution in [-0.2, 0) is 0 Å². The minimum Gasteiger partial charge on any atom is -0.393 e. The highest BCUT2D eigenvalue weighted by Gasteiger charge is 2.43. The molecule has 2 aliphatic carbocycles. The molecule has 0 aliphatic heterocycles. The highest BCUT2D eigenvalue weighted by atomic mass is 16.3. The van der Waals surface area contributed by atoms with Crippen LogP contribution in [0.25, 0.3) is 0 Å². The number of hydrogen-bond acceptors (Lipinski definition) is 2. The Morgan fingerprint density at radius 3 is 2.57 bits per heavy atom. The Hall–Kier alpha value is -0.770. The molecule has 2 fully saturated rings. The van der Waals surface area contributed by atoms with Gasteiger partial charge in [0.1, 0.15) is 0 Å². The third-order valence-corrected chi connectivity index (χ3v) is 4.99. The lowest BCUT2D eigenvalue weighted by Crippen LogP contribution is -2.43. The van der Waals surface area contributed by atoms with Crippen molar-refractivity contribution in [3.8, 4) is 0 Å². The molecule has 4 nitrogen and oxygen atoms in total. The third kappa shape index (κ3) is 5.50. The van der Waals surface area contributed by atoms with Crippen molar-refractivity contribution in [1.29, 1.82) is 0 Å². The largest absolute Gasteiger partial charge is 0.393 e. The fourth-order valence-electron chi connectivity index (χ4n) is 3.87. The van der Waals surface area contributed by atoms with Crippen LogP contribution in [0.2, 0.25) is 0 Å². The second kappa shape index (κ2) is 6.99. The fourth-order valence-corrected chi connectivity index (χ4v) is 3.87. The molecule has 2 rings (SSSR count). The zero-order valence-corrected chi connectivity index (χ0v) is 13.8. The Kier molecular flexibility index (Phi) is 5.53. The summed E-state index contributed by atoms with van der Waals surface area (Å²) in [6.07, 6.45) is 8.36. The smallest absolute Gasteiger partial charge is 0.315 e. The van der Waals surface area contributed by atoms with Crippen molar-refractivity contribution < 1.29 is 9.90 Å². The van der Waals surface area contributed by atoms with E-state index >= 15 is 0 Å². The van der Waals surface area contributed by atoms with Crippen molar-refractivity contribution in [3.63, 3.8) is 0 Å². The van der Waals surface area contributed by atoms with Crippen LogP contribution in [0, 0.1) is 17.3 Å². The summed E-state index contributed by atoms with van der Waals surface area (Å²) in [6.45, 7) is 6.54. The lowest BCUT2D eigenvalue weighted by atomic mass is 9.85. The van der Waals surface area contributed by atoms with Crippen molar-refractivity contribution in [2.45, 2.75) is 77.9 Å². The molecular formula is C17H32N2O2. The van der Waals surface area contributed by atoms with Gasteiger partial charge < -0.3 is 15.7 Å². The number of urea groups is 1. The first kappa shape index (κ1) is 16.6. The van der Waals surface area contributed by atoms with Crippen LogP contribution in [0.3, 0.4) is 0 Å². The van der Waals surface area contributed by atoms with E-state index in [2.05, 4.69) is 24.5 Å². The van der Waals surface area contributed by atoms with E-state index in [4.69, 9.17) is 0 Å². The average Bonchev–Trinajstić information content (AvgIpc) is 3.15. The number of nitrogens with one attached hydrogen (secondary N) is 2. The highest BCUT2D eigenvalue weighted by molar-refractivity contribution is 5.74. The van der Waals surface area contributed by atoms with Gasteiger partial charge >= 0.3 is 6.03 Å². The van der Waals surface area contributed by atoms with Crippen LogP contribution < -0.4 is 10.6 Å². The maximum absolute atomic E-state index is 12.0. The fraction of sp³-hybridized carbons (Fsp3) is 0.941. The molecule has 3 unspecified atom stereocenters. The predicted octanol–water partition coefficient (Wildman–Crippen LogP) is 3.05. The zero-order valence-electron chi connectivity index (χ0n) is 13.8. The number of rotatable bonds is 6. The van der Waals surface area contributed by atoms with E-state index in [9.17, 15) is 9.90 Å². The van der Waals surface area contributed by atoms with E-state index in [1.807, 2.05) is 0 Å². The maximum Gasteiger partial charge on any atom is 0.315 e. The number of carbonyl (C=O) groups is 1. The van der Waals surface area contributed by atoms with E-state index in [1.165, 1.54) is 32.1 Å². The molecule has 0 saturated heterocycles. The van der Waals surface area contributed by atoms with Gasteiger partial charge in [0.05, 0.1) is 6.10 Å². The Labute approximate surface area is 129 Å². The number of aliphatic hydroxyl groups excluding tert-OH is 1. The summed E-state index contributed by atoms with van der Waals surface area (Å²) in [5.41, 5.74) is -0.0716. The molecule has 4 heteroatoms. The molecule has 0 heterocycles. The molecule has 3 atom stereocenters. The van der Waals surface area contributed by atoms with Gasteiger partial charge in [0.25, 0.3) is 0 Å². The monoisotopic (exact) mass is 296 g/mol. The number of amides is 2. The van der Waals surface area contributed by atoms with Crippen molar-refractivity contribution in [2.24, 2.45) is 17.3 Å². The van der Waals surface area contributed by atoms with E-state index < -0.39 is 0 Å². The quantitative estimate of drug-likeness (QED) is 0.705. The first-order chi connectivity index (χ1) is 9.87. The standard InChI is InChI=1S/C17H32N2O2/c1-12(20)10-17(2,3)11-18-16(21)19-15-9-14(15)13-7-5-4-6-8-13/h12-15,20H,4-11H2,1-3H3,(H2,18,19,21). The normalized spacial score (nSPS) is 28.0. The van der Waals surface area contributed by atoms with Crippen LogP contribution in [0.15, 0.2) is 0 Å². The van der Waals surface area contributed by atoms with Gasteiger partial charge in [0.2, 0.25) is 0 Å². The van der Waals surface area contributed by atoms with Gasteiger partial charge in [-0.2, -0.15) is 0 Å². The van der Waals surface area contributed by atoms with Crippen LogP contribution in [0.1, 0.15) is 65.7 Å². The Morgan fingerprint density at radius 1 is 1.29 bits per heavy atom. The van der Waals surface area contributed by atoms with Gasteiger partial charge in [-0.05, 0) is 37.0 Å². The molecule has 0 spiro atoms. The molecule has 3 N–H and O–H groups in total.